The molecule has 10 nitrogen and oxygen atoms in total. The Labute approximate surface area is 248 Å². The summed E-state index contributed by atoms with van der Waals surface area (Å²) in [4.78, 5) is 34.1. The molecule has 1 unspecified atom stereocenters. The zero-order chi connectivity index (χ0) is 29.7. The Morgan fingerprint density at radius 3 is 2.52 bits per heavy atom. The van der Waals surface area contributed by atoms with Crippen LogP contribution in [-0.2, 0) is 22.6 Å². The SMILES string of the molecule is CCCCC(CN1CCN(c2ccc(N)cc2C(=O)Nc2ccc(CNC(=O)OCc3cccnc3)cc2)CC1)OC. The molecule has 1 fully saturated rings. The van der Waals surface area contributed by atoms with Gasteiger partial charge in [0.05, 0.1) is 11.7 Å². The van der Waals surface area contributed by atoms with Crippen LogP contribution in [0, 0.1) is 0 Å². The molecule has 0 saturated carbocycles. The number of amides is 2. The maximum absolute atomic E-state index is 13.4. The van der Waals surface area contributed by atoms with Crippen LogP contribution < -0.4 is 21.3 Å². The third-order valence-corrected chi connectivity index (χ3v) is 7.39. The molecule has 0 aliphatic carbocycles. The van der Waals surface area contributed by atoms with Gasteiger partial charge in [-0.2, -0.15) is 0 Å². The largest absolute Gasteiger partial charge is 0.445 e. The number of ether oxygens (including phenoxy) is 2. The molecular weight excluding hydrogens is 532 g/mol. The fourth-order valence-corrected chi connectivity index (χ4v) is 4.95. The smallest absolute Gasteiger partial charge is 0.407 e. The molecule has 3 aromatic rings. The van der Waals surface area contributed by atoms with Crippen molar-refractivity contribution in [3.05, 3.63) is 83.7 Å². The van der Waals surface area contributed by atoms with Crippen molar-refractivity contribution in [3.63, 3.8) is 0 Å². The van der Waals surface area contributed by atoms with Crippen LogP contribution in [0.1, 0.15) is 47.7 Å². The zero-order valence-corrected chi connectivity index (χ0v) is 24.6. The van der Waals surface area contributed by atoms with Crippen molar-refractivity contribution in [2.24, 2.45) is 0 Å². The molecule has 1 aromatic heterocycles. The number of hydrogen-bond donors (Lipinski definition) is 3. The first-order chi connectivity index (χ1) is 20.4. The van der Waals surface area contributed by atoms with E-state index in [1.54, 1.807) is 31.6 Å². The lowest BCUT2D eigenvalue weighted by Gasteiger charge is -2.38. The van der Waals surface area contributed by atoms with Gasteiger partial charge < -0.3 is 30.7 Å². The predicted molar refractivity (Wildman–Crippen MR) is 165 cm³/mol. The lowest BCUT2D eigenvalue weighted by molar-refractivity contribution is 0.0546. The fraction of sp³-hybridized carbons (Fsp3) is 0.406. The molecule has 0 bridgehead atoms. The molecule has 42 heavy (non-hydrogen) atoms. The number of nitrogens with two attached hydrogens (primary N) is 1. The molecule has 10 heteroatoms. The minimum atomic E-state index is -0.513. The van der Waals surface area contributed by atoms with Crippen molar-refractivity contribution < 1.29 is 19.1 Å². The van der Waals surface area contributed by atoms with Crippen LogP contribution in [0.2, 0.25) is 0 Å². The molecular formula is C32H42N6O4. The van der Waals surface area contributed by atoms with Gasteiger partial charge in [-0.3, -0.25) is 14.7 Å². The summed E-state index contributed by atoms with van der Waals surface area (Å²) in [5.74, 6) is -0.219. The molecule has 0 spiro atoms. The molecule has 2 amide bonds. The van der Waals surface area contributed by atoms with Crippen molar-refractivity contribution in [1.29, 1.82) is 0 Å². The summed E-state index contributed by atoms with van der Waals surface area (Å²) in [5.41, 5.74) is 10.4. The van der Waals surface area contributed by atoms with Crippen LogP contribution in [0.25, 0.3) is 0 Å². The van der Waals surface area contributed by atoms with Crippen LogP contribution >= 0.6 is 0 Å². The van der Waals surface area contributed by atoms with E-state index in [1.807, 2.05) is 42.5 Å². The Kier molecular flexibility index (Phi) is 11.5. The van der Waals surface area contributed by atoms with Gasteiger partial charge in [-0.15, -0.1) is 0 Å². The topological polar surface area (TPSA) is 122 Å². The van der Waals surface area contributed by atoms with Crippen molar-refractivity contribution in [2.75, 3.05) is 55.8 Å². The Bertz CT molecular complexity index is 1280. The summed E-state index contributed by atoms with van der Waals surface area (Å²) in [6.07, 6.45) is 6.47. The van der Waals surface area contributed by atoms with Gasteiger partial charge in [0, 0.05) is 81.4 Å². The van der Waals surface area contributed by atoms with Crippen LogP contribution in [0.5, 0.6) is 0 Å². The van der Waals surface area contributed by atoms with E-state index in [0.29, 0.717) is 23.5 Å². The van der Waals surface area contributed by atoms with Crippen molar-refractivity contribution >= 4 is 29.1 Å². The number of carbonyl (C=O) groups is 2. The van der Waals surface area contributed by atoms with E-state index < -0.39 is 6.09 Å². The molecule has 1 saturated heterocycles. The zero-order valence-electron chi connectivity index (χ0n) is 24.6. The number of benzene rings is 2. The van der Waals surface area contributed by atoms with Crippen molar-refractivity contribution in [1.82, 2.24) is 15.2 Å². The average Bonchev–Trinajstić information content (AvgIpc) is 3.02. The molecule has 1 atom stereocenters. The minimum Gasteiger partial charge on any atom is -0.445 e. The van der Waals surface area contributed by atoms with Gasteiger partial charge in [-0.25, -0.2) is 4.79 Å². The van der Waals surface area contributed by atoms with Gasteiger partial charge in [0.15, 0.2) is 0 Å². The fourth-order valence-electron chi connectivity index (χ4n) is 4.95. The molecule has 4 N–H and O–H groups in total. The number of nitrogens with one attached hydrogen (secondary N) is 2. The number of alkyl carbamates (subject to hydrolysis) is 1. The molecule has 4 rings (SSSR count). The van der Waals surface area contributed by atoms with Crippen LogP contribution in [0.4, 0.5) is 21.9 Å². The van der Waals surface area contributed by atoms with Crippen molar-refractivity contribution in [3.8, 4) is 0 Å². The third-order valence-electron chi connectivity index (χ3n) is 7.39. The van der Waals surface area contributed by atoms with Gasteiger partial charge in [0.1, 0.15) is 6.61 Å². The van der Waals surface area contributed by atoms with Crippen LogP contribution in [0.3, 0.4) is 0 Å². The Morgan fingerprint density at radius 2 is 1.83 bits per heavy atom. The second-order valence-corrected chi connectivity index (χ2v) is 10.5. The number of hydrogen-bond acceptors (Lipinski definition) is 8. The number of pyridine rings is 1. The minimum absolute atomic E-state index is 0.152. The number of aromatic nitrogens is 1. The van der Waals surface area contributed by atoms with E-state index >= 15 is 0 Å². The maximum Gasteiger partial charge on any atom is 0.407 e. The highest BCUT2D eigenvalue weighted by Crippen LogP contribution is 2.26. The highest BCUT2D eigenvalue weighted by molar-refractivity contribution is 6.08. The Hall–Kier alpha value is -4.15. The first kappa shape index (κ1) is 30.8. The molecule has 2 aromatic carbocycles. The second kappa shape index (κ2) is 15.7. The summed E-state index contributed by atoms with van der Waals surface area (Å²) in [7, 11) is 1.79. The number of unbranched alkanes of at least 4 members (excludes halogenated alkanes) is 1. The third kappa shape index (κ3) is 9.19. The summed E-state index contributed by atoms with van der Waals surface area (Å²) in [6, 6.07) is 16.5. The Balaban J connectivity index is 1.29. The van der Waals surface area contributed by atoms with Crippen LogP contribution in [-0.4, -0.2) is 67.8 Å². The number of anilines is 3. The number of methoxy groups -OCH3 is 1. The molecule has 2 heterocycles. The lowest BCUT2D eigenvalue weighted by Crippen LogP contribution is -2.49. The van der Waals surface area contributed by atoms with Gasteiger partial charge >= 0.3 is 6.09 Å². The molecule has 1 aliphatic rings. The summed E-state index contributed by atoms with van der Waals surface area (Å²) in [5, 5.41) is 5.72. The van der Waals surface area contributed by atoms with Gasteiger partial charge in [-0.05, 0) is 48.4 Å². The van der Waals surface area contributed by atoms with E-state index in [9.17, 15) is 9.59 Å². The van der Waals surface area contributed by atoms with Crippen molar-refractivity contribution in [2.45, 2.75) is 45.4 Å². The molecule has 0 radical (unpaired) electrons. The van der Waals surface area contributed by atoms with E-state index in [-0.39, 0.29) is 18.6 Å². The number of piperazine rings is 1. The lowest BCUT2D eigenvalue weighted by atomic mass is 10.1. The quantitative estimate of drug-likeness (QED) is 0.252. The monoisotopic (exact) mass is 574 g/mol. The number of rotatable bonds is 13. The van der Waals surface area contributed by atoms with E-state index in [0.717, 1.165) is 56.0 Å². The maximum atomic E-state index is 13.4. The molecule has 1 aliphatic heterocycles. The standard InChI is InChI=1S/C32H42N6O4/c1-3-4-7-28(41-2)22-37-15-17-38(18-16-37)30-13-10-26(33)19-29(30)31(39)36-27-11-8-24(9-12-27)21-35-32(40)42-23-25-6-5-14-34-20-25/h5-6,8-14,19-20,28H,3-4,7,15-18,21-23,33H2,1-2H3,(H,35,40)(H,36,39). The van der Waals surface area contributed by atoms with E-state index in [1.165, 1.54) is 12.8 Å². The number of carbonyl (C=O) groups excluding carboxylic acids is 2. The van der Waals surface area contributed by atoms with Crippen LogP contribution in [0.15, 0.2) is 67.0 Å². The highest BCUT2D eigenvalue weighted by Gasteiger charge is 2.23. The first-order valence-corrected chi connectivity index (χ1v) is 14.5. The predicted octanol–water partition coefficient (Wildman–Crippen LogP) is 4.67. The average molecular weight is 575 g/mol. The summed E-state index contributed by atoms with van der Waals surface area (Å²) < 4.78 is 10.9. The number of nitrogen functional groups attached to an aromatic ring is 1. The van der Waals surface area contributed by atoms with E-state index in [4.69, 9.17) is 15.2 Å². The highest BCUT2D eigenvalue weighted by atomic mass is 16.5. The Morgan fingerprint density at radius 1 is 1.05 bits per heavy atom. The first-order valence-electron chi connectivity index (χ1n) is 14.5. The van der Waals surface area contributed by atoms with Gasteiger partial charge in [0.25, 0.3) is 5.91 Å². The second-order valence-electron chi connectivity index (χ2n) is 10.5. The normalized spacial score (nSPS) is 14.3. The van der Waals surface area contributed by atoms with Gasteiger partial charge in [0.2, 0.25) is 0 Å². The summed E-state index contributed by atoms with van der Waals surface area (Å²) >= 11 is 0. The van der Waals surface area contributed by atoms with Gasteiger partial charge in [-0.1, -0.05) is 38.0 Å². The number of nitrogens with zero attached hydrogens (tertiary/aromatic N) is 3. The molecule has 224 valence electrons. The summed E-state index contributed by atoms with van der Waals surface area (Å²) in [6.45, 7) is 7.04. The van der Waals surface area contributed by atoms with E-state index in [2.05, 4.69) is 32.3 Å².